The molecule has 2 rings (SSSR count). The highest BCUT2D eigenvalue weighted by atomic mass is 16.5. The van der Waals surface area contributed by atoms with E-state index < -0.39 is 0 Å². The number of rotatable bonds is 3. The molecule has 1 heterocycles. The maximum atomic E-state index is 12.6. The second-order valence-corrected chi connectivity index (χ2v) is 5.66. The summed E-state index contributed by atoms with van der Waals surface area (Å²) in [6.45, 7) is 7.33. The summed E-state index contributed by atoms with van der Waals surface area (Å²) in [6, 6.07) is 5.84. The van der Waals surface area contributed by atoms with Crippen LogP contribution in [0.4, 0.5) is 0 Å². The Morgan fingerprint density at radius 1 is 1.33 bits per heavy atom. The Morgan fingerprint density at radius 2 is 2.10 bits per heavy atom. The van der Waals surface area contributed by atoms with Crippen LogP contribution in [0.3, 0.4) is 0 Å². The molecule has 114 valence electrons. The Morgan fingerprint density at radius 3 is 2.76 bits per heavy atom. The number of amides is 1. The number of nitrogens with zero attached hydrogens (tertiary/aromatic N) is 1. The van der Waals surface area contributed by atoms with Crippen molar-refractivity contribution in [3.05, 3.63) is 34.9 Å². The number of carbonyl (C=O) groups excluding carboxylic acids is 2. The second-order valence-electron chi connectivity index (χ2n) is 5.66. The molecule has 21 heavy (non-hydrogen) atoms. The predicted molar refractivity (Wildman–Crippen MR) is 81.2 cm³/mol. The van der Waals surface area contributed by atoms with Crippen molar-refractivity contribution in [1.82, 2.24) is 4.90 Å². The van der Waals surface area contributed by atoms with E-state index in [4.69, 9.17) is 4.74 Å². The van der Waals surface area contributed by atoms with Crippen molar-refractivity contribution in [3.63, 3.8) is 0 Å². The van der Waals surface area contributed by atoms with Crippen molar-refractivity contribution < 1.29 is 14.3 Å². The van der Waals surface area contributed by atoms with Gasteiger partial charge in [-0.3, -0.25) is 9.59 Å². The predicted octanol–water partition coefficient (Wildman–Crippen LogP) is 2.72. The fraction of sp³-hybridized carbons (Fsp3) is 0.529. The maximum Gasteiger partial charge on any atom is 0.310 e. The van der Waals surface area contributed by atoms with E-state index in [1.165, 1.54) is 0 Å². The zero-order chi connectivity index (χ0) is 15.4. The van der Waals surface area contributed by atoms with Crippen molar-refractivity contribution >= 4 is 11.9 Å². The molecule has 0 saturated carbocycles. The van der Waals surface area contributed by atoms with Crippen LogP contribution in [-0.4, -0.2) is 36.5 Å². The van der Waals surface area contributed by atoms with Crippen molar-refractivity contribution in [2.45, 2.75) is 33.6 Å². The van der Waals surface area contributed by atoms with Gasteiger partial charge >= 0.3 is 5.97 Å². The first-order valence-electron chi connectivity index (χ1n) is 7.56. The van der Waals surface area contributed by atoms with Gasteiger partial charge in [-0.05, 0) is 45.2 Å². The molecule has 0 spiro atoms. The van der Waals surface area contributed by atoms with Gasteiger partial charge in [-0.1, -0.05) is 17.7 Å². The molecule has 1 aliphatic heterocycles. The summed E-state index contributed by atoms with van der Waals surface area (Å²) in [6.07, 6.45) is 1.65. The molecular formula is C17H23NO3. The number of esters is 1. The Kier molecular flexibility index (Phi) is 4.99. The molecule has 0 N–H and O–H groups in total. The maximum absolute atomic E-state index is 12.6. The standard InChI is InChI=1S/C17H23NO3/c1-4-21-17(20)14-6-5-9-18(11-14)16(19)15-8-7-12(2)10-13(15)3/h7-8,10,14H,4-6,9,11H2,1-3H3/t14-/m1/s1. The lowest BCUT2D eigenvalue weighted by Gasteiger charge is -2.32. The summed E-state index contributed by atoms with van der Waals surface area (Å²) in [4.78, 5) is 26.3. The number of benzene rings is 1. The zero-order valence-electron chi connectivity index (χ0n) is 13.0. The molecule has 1 atom stereocenters. The first kappa shape index (κ1) is 15.5. The molecule has 4 nitrogen and oxygen atoms in total. The van der Waals surface area contributed by atoms with Gasteiger partial charge in [0.15, 0.2) is 0 Å². The SMILES string of the molecule is CCOC(=O)[C@@H]1CCCN(C(=O)c2ccc(C)cc2C)C1. The van der Waals surface area contributed by atoms with E-state index in [0.29, 0.717) is 19.7 Å². The second kappa shape index (κ2) is 6.74. The highest BCUT2D eigenvalue weighted by molar-refractivity contribution is 5.96. The van der Waals surface area contributed by atoms with Gasteiger partial charge in [0, 0.05) is 18.7 Å². The van der Waals surface area contributed by atoms with E-state index in [1.54, 1.807) is 11.8 Å². The van der Waals surface area contributed by atoms with Crippen LogP contribution in [-0.2, 0) is 9.53 Å². The Labute approximate surface area is 126 Å². The lowest BCUT2D eigenvalue weighted by molar-refractivity contribution is -0.149. The number of ether oxygens (including phenoxy) is 1. The first-order valence-corrected chi connectivity index (χ1v) is 7.56. The third-order valence-electron chi connectivity index (χ3n) is 3.94. The summed E-state index contributed by atoms with van der Waals surface area (Å²) in [5, 5.41) is 0. The topological polar surface area (TPSA) is 46.6 Å². The molecule has 0 aliphatic carbocycles. The van der Waals surface area contributed by atoms with Gasteiger partial charge in [-0.25, -0.2) is 0 Å². The average Bonchev–Trinajstić information content (AvgIpc) is 2.47. The minimum absolute atomic E-state index is 0.0153. The largest absolute Gasteiger partial charge is 0.466 e. The molecule has 4 heteroatoms. The molecule has 1 fully saturated rings. The molecule has 0 radical (unpaired) electrons. The summed E-state index contributed by atoms with van der Waals surface area (Å²) in [5.74, 6) is -0.356. The van der Waals surface area contributed by atoms with Crippen molar-refractivity contribution in [2.24, 2.45) is 5.92 Å². The van der Waals surface area contributed by atoms with E-state index >= 15 is 0 Å². The van der Waals surface area contributed by atoms with Gasteiger partial charge in [0.1, 0.15) is 0 Å². The highest BCUT2D eigenvalue weighted by Crippen LogP contribution is 2.21. The smallest absolute Gasteiger partial charge is 0.310 e. The van der Waals surface area contributed by atoms with Crippen LogP contribution in [0.15, 0.2) is 18.2 Å². The summed E-state index contributed by atoms with van der Waals surface area (Å²) >= 11 is 0. The van der Waals surface area contributed by atoms with Gasteiger partial charge in [-0.2, -0.15) is 0 Å². The average molecular weight is 289 g/mol. The summed E-state index contributed by atoms with van der Waals surface area (Å²) in [5.41, 5.74) is 2.86. The van der Waals surface area contributed by atoms with Gasteiger partial charge in [0.2, 0.25) is 0 Å². The van der Waals surface area contributed by atoms with E-state index in [0.717, 1.165) is 29.5 Å². The number of hydrogen-bond acceptors (Lipinski definition) is 3. The molecule has 0 bridgehead atoms. The third kappa shape index (κ3) is 3.63. The fourth-order valence-corrected chi connectivity index (χ4v) is 2.84. The van der Waals surface area contributed by atoms with E-state index in [-0.39, 0.29) is 17.8 Å². The van der Waals surface area contributed by atoms with Crippen LogP contribution < -0.4 is 0 Å². The monoisotopic (exact) mass is 289 g/mol. The number of likely N-dealkylation sites (tertiary alicyclic amines) is 1. The minimum Gasteiger partial charge on any atom is -0.466 e. The van der Waals surface area contributed by atoms with Crippen molar-refractivity contribution in [3.8, 4) is 0 Å². The van der Waals surface area contributed by atoms with Gasteiger partial charge in [0.05, 0.1) is 12.5 Å². The molecule has 1 aliphatic rings. The normalized spacial score (nSPS) is 18.4. The van der Waals surface area contributed by atoms with Crippen LogP contribution in [0.2, 0.25) is 0 Å². The molecular weight excluding hydrogens is 266 g/mol. The summed E-state index contributed by atoms with van der Waals surface area (Å²) < 4.78 is 5.08. The van der Waals surface area contributed by atoms with Crippen LogP contribution in [0.25, 0.3) is 0 Å². The van der Waals surface area contributed by atoms with Crippen LogP contribution in [0, 0.1) is 19.8 Å². The fourth-order valence-electron chi connectivity index (χ4n) is 2.84. The lowest BCUT2D eigenvalue weighted by Crippen LogP contribution is -2.43. The number of hydrogen-bond donors (Lipinski definition) is 0. The minimum atomic E-state index is -0.187. The highest BCUT2D eigenvalue weighted by Gasteiger charge is 2.30. The number of carbonyl (C=O) groups is 2. The Balaban J connectivity index is 2.10. The quantitative estimate of drug-likeness (QED) is 0.804. The summed E-state index contributed by atoms with van der Waals surface area (Å²) in [7, 11) is 0. The number of piperidine rings is 1. The van der Waals surface area contributed by atoms with Crippen LogP contribution in [0.1, 0.15) is 41.3 Å². The van der Waals surface area contributed by atoms with E-state index in [2.05, 4.69) is 0 Å². The molecule has 1 saturated heterocycles. The Hall–Kier alpha value is -1.84. The molecule has 0 unspecified atom stereocenters. The van der Waals surface area contributed by atoms with Gasteiger partial charge in [-0.15, -0.1) is 0 Å². The lowest BCUT2D eigenvalue weighted by atomic mass is 9.96. The van der Waals surface area contributed by atoms with Gasteiger partial charge < -0.3 is 9.64 Å². The van der Waals surface area contributed by atoms with Crippen molar-refractivity contribution in [2.75, 3.05) is 19.7 Å². The molecule has 1 aromatic carbocycles. The van der Waals surface area contributed by atoms with E-state index in [9.17, 15) is 9.59 Å². The molecule has 1 aromatic rings. The van der Waals surface area contributed by atoms with Crippen LogP contribution in [0.5, 0.6) is 0 Å². The third-order valence-corrected chi connectivity index (χ3v) is 3.94. The van der Waals surface area contributed by atoms with Crippen molar-refractivity contribution in [1.29, 1.82) is 0 Å². The Bertz CT molecular complexity index is 539. The first-order chi connectivity index (χ1) is 10.0. The molecule has 1 amide bonds. The zero-order valence-corrected chi connectivity index (χ0v) is 13.0. The van der Waals surface area contributed by atoms with Crippen LogP contribution >= 0.6 is 0 Å². The van der Waals surface area contributed by atoms with Gasteiger partial charge in [0.25, 0.3) is 5.91 Å². The molecule has 0 aromatic heterocycles. The number of aryl methyl sites for hydroxylation is 2. The van der Waals surface area contributed by atoms with E-state index in [1.807, 2.05) is 32.0 Å².